The van der Waals surface area contributed by atoms with E-state index < -0.39 is 6.10 Å². The highest BCUT2D eigenvalue weighted by atomic mass is 19.1. The zero-order chi connectivity index (χ0) is 17.0. The number of aryl methyl sites for hydroxylation is 1. The fourth-order valence-electron chi connectivity index (χ4n) is 2.30. The maximum Gasteiger partial charge on any atom is 0.292 e. The summed E-state index contributed by atoms with van der Waals surface area (Å²) < 4.78 is 18.0. The molecule has 124 valence electrons. The average molecular weight is 320 g/mol. The molecule has 2 aromatic rings. The number of aromatic nitrogens is 1. The molecule has 1 unspecified atom stereocenters. The smallest absolute Gasteiger partial charge is 0.292 e. The van der Waals surface area contributed by atoms with Crippen molar-refractivity contribution in [1.82, 2.24) is 10.1 Å². The van der Waals surface area contributed by atoms with Crippen LogP contribution in [0.15, 0.2) is 34.9 Å². The second-order valence-corrected chi connectivity index (χ2v) is 6.00. The van der Waals surface area contributed by atoms with Gasteiger partial charge < -0.3 is 14.5 Å². The third kappa shape index (κ3) is 4.63. The van der Waals surface area contributed by atoms with Gasteiger partial charge in [0.15, 0.2) is 0 Å². The second-order valence-electron chi connectivity index (χ2n) is 6.00. The molecule has 5 nitrogen and oxygen atoms in total. The molecule has 1 atom stereocenters. The first-order valence-electron chi connectivity index (χ1n) is 7.53. The Balaban J connectivity index is 2.14. The quantitative estimate of drug-likeness (QED) is 0.888. The van der Waals surface area contributed by atoms with Gasteiger partial charge in [0, 0.05) is 12.6 Å². The lowest BCUT2D eigenvalue weighted by molar-refractivity contribution is 0.0557. The van der Waals surface area contributed by atoms with E-state index in [1.54, 1.807) is 13.0 Å². The number of benzene rings is 1. The maximum absolute atomic E-state index is 13.0. The van der Waals surface area contributed by atoms with Crippen molar-refractivity contribution in [3.05, 3.63) is 53.2 Å². The molecule has 0 aliphatic rings. The Kier molecular flexibility index (Phi) is 5.50. The highest BCUT2D eigenvalue weighted by Gasteiger charge is 2.24. The lowest BCUT2D eigenvalue weighted by atomic mass is 10.1. The summed E-state index contributed by atoms with van der Waals surface area (Å²) in [5.41, 5.74) is 1.18. The number of hydrogen-bond donors (Lipinski definition) is 1. The fraction of sp³-hybridized carbons (Fsp3) is 0.412. The minimum Gasteiger partial charge on any atom is -0.387 e. The minimum absolute atomic E-state index is 0.0996. The van der Waals surface area contributed by atoms with Crippen molar-refractivity contribution >= 4 is 5.91 Å². The molecule has 0 bridgehead atoms. The molecular weight excluding hydrogens is 299 g/mol. The van der Waals surface area contributed by atoms with Crippen LogP contribution in [0.25, 0.3) is 0 Å². The average Bonchev–Trinajstić information content (AvgIpc) is 2.92. The van der Waals surface area contributed by atoms with Gasteiger partial charge in [-0.1, -0.05) is 31.1 Å². The van der Waals surface area contributed by atoms with Crippen molar-refractivity contribution in [2.75, 3.05) is 13.1 Å². The third-order valence-electron chi connectivity index (χ3n) is 3.36. The molecule has 0 aliphatic carbocycles. The molecule has 0 aliphatic heterocycles. The molecule has 0 radical (unpaired) electrons. The predicted molar refractivity (Wildman–Crippen MR) is 83.3 cm³/mol. The molecule has 6 heteroatoms. The molecule has 0 fully saturated rings. The van der Waals surface area contributed by atoms with Crippen LogP contribution in [0.5, 0.6) is 0 Å². The first-order valence-corrected chi connectivity index (χ1v) is 7.53. The van der Waals surface area contributed by atoms with Crippen LogP contribution in [-0.2, 0) is 0 Å². The van der Waals surface area contributed by atoms with E-state index in [-0.39, 0.29) is 29.9 Å². The molecule has 0 saturated heterocycles. The summed E-state index contributed by atoms with van der Waals surface area (Å²) in [4.78, 5) is 14.1. The summed E-state index contributed by atoms with van der Waals surface area (Å²) in [5, 5.41) is 14.1. The summed E-state index contributed by atoms with van der Waals surface area (Å²) in [7, 11) is 0. The first kappa shape index (κ1) is 17.1. The van der Waals surface area contributed by atoms with Gasteiger partial charge in [-0.3, -0.25) is 4.79 Å². The Morgan fingerprint density at radius 2 is 1.96 bits per heavy atom. The van der Waals surface area contributed by atoms with Crippen LogP contribution in [-0.4, -0.2) is 34.2 Å². The van der Waals surface area contributed by atoms with Crippen LogP contribution in [0.1, 0.15) is 41.8 Å². The van der Waals surface area contributed by atoms with E-state index in [9.17, 15) is 14.3 Å². The summed E-state index contributed by atoms with van der Waals surface area (Å²) in [6, 6.07) is 7.16. The van der Waals surface area contributed by atoms with Crippen LogP contribution in [0.3, 0.4) is 0 Å². The minimum atomic E-state index is -0.901. The lowest BCUT2D eigenvalue weighted by Crippen LogP contribution is -2.37. The number of aliphatic hydroxyl groups is 1. The monoisotopic (exact) mass is 320 g/mol. The Hall–Kier alpha value is -2.21. The van der Waals surface area contributed by atoms with Crippen LogP contribution >= 0.6 is 0 Å². The first-order chi connectivity index (χ1) is 10.9. The Labute approximate surface area is 134 Å². The lowest BCUT2D eigenvalue weighted by Gasteiger charge is -2.26. The molecule has 1 heterocycles. The van der Waals surface area contributed by atoms with E-state index in [2.05, 4.69) is 5.16 Å². The molecule has 0 saturated carbocycles. The number of aliphatic hydroxyl groups excluding tert-OH is 1. The van der Waals surface area contributed by atoms with Crippen LogP contribution in [0.4, 0.5) is 4.39 Å². The normalized spacial score (nSPS) is 12.4. The van der Waals surface area contributed by atoms with Gasteiger partial charge >= 0.3 is 0 Å². The van der Waals surface area contributed by atoms with Crippen molar-refractivity contribution in [1.29, 1.82) is 0 Å². The van der Waals surface area contributed by atoms with Crippen molar-refractivity contribution in [3.8, 4) is 0 Å². The second kappa shape index (κ2) is 7.37. The molecule has 1 amide bonds. The Morgan fingerprint density at radius 3 is 2.48 bits per heavy atom. The van der Waals surface area contributed by atoms with Gasteiger partial charge in [0.25, 0.3) is 5.91 Å². The topological polar surface area (TPSA) is 66.6 Å². The summed E-state index contributed by atoms with van der Waals surface area (Å²) in [6.07, 6.45) is -0.901. The predicted octanol–water partition coefficient (Wildman–Crippen LogP) is 2.95. The van der Waals surface area contributed by atoms with Crippen LogP contribution in [0, 0.1) is 18.7 Å². The van der Waals surface area contributed by atoms with Gasteiger partial charge in [-0.15, -0.1) is 0 Å². The molecule has 1 N–H and O–H groups in total. The zero-order valence-corrected chi connectivity index (χ0v) is 13.5. The van der Waals surface area contributed by atoms with Gasteiger partial charge in [0.05, 0.1) is 18.3 Å². The van der Waals surface area contributed by atoms with Crippen LogP contribution < -0.4 is 0 Å². The Morgan fingerprint density at radius 1 is 1.30 bits per heavy atom. The molecule has 1 aromatic heterocycles. The van der Waals surface area contributed by atoms with Gasteiger partial charge in [-0.25, -0.2) is 4.39 Å². The highest BCUT2D eigenvalue weighted by Crippen LogP contribution is 2.18. The van der Waals surface area contributed by atoms with Crippen molar-refractivity contribution in [3.63, 3.8) is 0 Å². The number of nitrogens with zero attached hydrogens (tertiary/aromatic N) is 2. The van der Waals surface area contributed by atoms with E-state index in [1.165, 1.54) is 29.2 Å². The third-order valence-corrected chi connectivity index (χ3v) is 3.36. The van der Waals surface area contributed by atoms with Crippen molar-refractivity contribution in [2.24, 2.45) is 5.92 Å². The summed E-state index contributed by atoms with van der Waals surface area (Å²) >= 11 is 0. The van der Waals surface area contributed by atoms with Gasteiger partial charge in [-0.2, -0.15) is 0 Å². The van der Waals surface area contributed by atoms with E-state index in [0.29, 0.717) is 17.8 Å². The van der Waals surface area contributed by atoms with Crippen molar-refractivity contribution < 1.29 is 18.8 Å². The number of carbonyl (C=O) groups excluding carboxylic acids is 1. The maximum atomic E-state index is 13.0. The molecule has 1 aromatic carbocycles. The number of hydrogen-bond acceptors (Lipinski definition) is 4. The largest absolute Gasteiger partial charge is 0.387 e. The Bertz CT molecular complexity index is 652. The number of amides is 1. The summed E-state index contributed by atoms with van der Waals surface area (Å²) in [6.45, 7) is 6.27. The molecule has 2 rings (SSSR count). The van der Waals surface area contributed by atoms with Crippen molar-refractivity contribution in [2.45, 2.75) is 26.9 Å². The van der Waals surface area contributed by atoms with Crippen LogP contribution in [0.2, 0.25) is 0 Å². The molecular formula is C17H21FN2O3. The standard InChI is InChI=1S/C17H21FN2O3/c1-11(2)9-20(17(22)16-8-12(3)19-23-16)10-15(21)13-4-6-14(18)7-5-13/h4-8,11,15,21H,9-10H2,1-3H3. The van der Waals surface area contributed by atoms with Gasteiger partial charge in [0.1, 0.15) is 5.82 Å². The van der Waals surface area contributed by atoms with E-state index in [0.717, 1.165) is 0 Å². The fourth-order valence-corrected chi connectivity index (χ4v) is 2.30. The number of halogens is 1. The summed E-state index contributed by atoms with van der Waals surface area (Å²) in [5.74, 6) is -0.313. The van der Waals surface area contributed by atoms with Gasteiger partial charge in [0.2, 0.25) is 5.76 Å². The SMILES string of the molecule is Cc1cc(C(=O)N(CC(C)C)CC(O)c2ccc(F)cc2)on1. The van der Waals surface area contributed by atoms with E-state index in [1.807, 2.05) is 13.8 Å². The highest BCUT2D eigenvalue weighted by molar-refractivity contribution is 5.91. The molecule has 0 spiro atoms. The van der Waals surface area contributed by atoms with E-state index in [4.69, 9.17) is 4.52 Å². The zero-order valence-electron chi connectivity index (χ0n) is 13.5. The number of carbonyl (C=O) groups is 1. The van der Waals surface area contributed by atoms with Gasteiger partial charge in [-0.05, 0) is 30.5 Å². The molecule has 23 heavy (non-hydrogen) atoms. The number of rotatable bonds is 6. The van der Waals surface area contributed by atoms with E-state index >= 15 is 0 Å².